The van der Waals surface area contributed by atoms with Crippen LogP contribution in [0.25, 0.3) is 0 Å². The third kappa shape index (κ3) is 2.80. The van der Waals surface area contributed by atoms with Crippen molar-refractivity contribution in [1.82, 2.24) is 5.32 Å². The van der Waals surface area contributed by atoms with E-state index >= 15 is 0 Å². The largest absolute Gasteiger partial charge is 0.393 e. The average molecular weight is 157 g/mol. The summed E-state index contributed by atoms with van der Waals surface area (Å²) in [6.45, 7) is 4.20. The van der Waals surface area contributed by atoms with E-state index in [0.717, 1.165) is 19.5 Å². The molecule has 1 heterocycles. The molecule has 0 aromatic carbocycles. The van der Waals surface area contributed by atoms with Crippen LogP contribution in [0, 0.1) is 5.92 Å². The first-order valence-electron chi connectivity index (χ1n) is 4.73. The quantitative estimate of drug-likeness (QED) is 0.644. The molecule has 0 spiro atoms. The Kier molecular flexibility index (Phi) is 3.87. The zero-order chi connectivity index (χ0) is 8.10. The minimum absolute atomic E-state index is 0.0391. The number of rotatable bonds is 3. The molecular formula is C9H19NO. The van der Waals surface area contributed by atoms with Gasteiger partial charge in [-0.25, -0.2) is 0 Å². The Morgan fingerprint density at radius 3 is 3.00 bits per heavy atom. The molecule has 0 amide bonds. The highest BCUT2D eigenvalue weighted by atomic mass is 16.3. The maximum atomic E-state index is 9.56. The fraction of sp³-hybridized carbons (Fsp3) is 1.00. The molecule has 1 aliphatic rings. The van der Waals surface area contributed by atoms with Gasteiger partial charge in [-0.05, 0) is 25.3 Å². The topological polar surface area (TPSA) is 32.3 Å². The first-order valence-corrected chi connectivity index (χ1v) is 4.73. The van der Waals surface area contributed by atoms with Crippen LogP contribution in [-0.2, 0) is 0 Å². The van der Waals surface area contributed by atoms with Gasteiger partial charge in [-0.15, -0.1) is 0 Å². The van der Waals surface area contributed by atoms with Crippen LogP contribution in [0.4, 0.5) is 0 Å². The summed E-state index contributed by atoms with van der Waals surface area (Å²) < 4.78 is 0. The summed E-state index contributed by atoms with van der Waals surface area (Å²) in [5.74, 6) is 0.517. The van der Waals surface area contributed by atoms with E-state index in [1.165, 1.54) is 19.3 Å². The van der Waals surface area contributed by atoms with Crippen molar-refractivity contribution < 1.29 is 5.11 Å². The van der Waals surface area contributed by atoms with Gasteiger partial charge in [0.2, 0.25) is 0 Å². The van der Waals surface area contributed by atoms with Gasteiger partial charge >= 0.3 is 0 Å². The zero-order valence-corrected chi connectivity index (χ0v) is 7.34. The van der Waals surface area contributed by atoms with Gasteiger partial charge in [0.25, 0.3) is 0 Å². The van der Waals surface area contributed by atoms with E-state index in [4.69, 9.17) is 0 Å². The number of aliphatic hydroxyl groups is 1. The van der Waals surface area contributed by atoms with Crippen LogP contribution >= 0.6 is 0 Å². The summed E-state index contributed by atoms with van der Waals surface area (Å²) in [6, 6.07) is 0. The zero-order valence-electron chi connectivity index (χ0n) is 7.34. The molecule has 1 fully saturated rings. The van der Waals surface area contributed by atoms with E-state index in [2.05, 4.69) is 12.2 Å². The minimum atomic E-state index is -0.0391. The summed E-state index contributed by atoms with van der Waals surface area (Å²) in [5.41, 5.74) is 0. The van der Waals surface area contributed by atoms with Crippen molar-refractivity contribution in [3.05, 3.63) is 0 Å². The monoisotopic (exact) mass is 157 g/mol. The van der Waals surface area contributed by atoms with Gasteiger partial charge < -0.3 is 10.4 Å². The number of hydrogen-bond donors (Lipinski definition) is 2. The van der Waals surface area contributed by atoms with Crippen molar-refractivity contribution in [2.24, 2.45) is 5.92 Å². The highest BCUT2D eigenvalue weighted by Crippen LogP contribution is 2.17. The molecule has 1 rings (SSSR count). The maximum absolute atomic E-state index is 9.56. The molecule has 1 aliphatic heterocycles. The molecule has 0 radical (unpaired) electrons. The van der Waals surface area contributed by atoms with Crippen LogP contribution < -0.4 is 5.32 Å². The lowest BCUT2D eigenvalue weighted by Gasteiger charge is -2.28. The number of aliphatic hydroxyl groups excluding tert-OH is 1. The summed E-state index contributed by atoms with van der Waals surface area (Å²) in [7, 11) is 0. The lowest BCUT2D eigenvalue weighted by molar-refractivity contribution is 0.0734. The Bertz CT molecular complexity index is 106. The van der Waals surface area contributed by atoms with Crippen LogP contribution in [0.3, 0.4) is 0 Å². The van der Waals surface area contributed by atoms with Gasteiger partial charge in [0.15, 0.2) is 0 Å². The molecule has 66 valence electrons. The predicted molar refractivity (Wildman–Crippen MR) is 46.5 cm³/mol. The van der Waals surface area contributed by atoms with E-state index in [0.29, 0.717) is 5.92 Å². The number of piperidine rings is 1. The second kappa shape index (κ2) is 4.73. The Labute approximate surface area is 69.0 Å². The predicted octanol–water partition coefficient (Wildman–Crippen LogP) is 1.15. The van der Waals surface area contributed by atoms with Crippen LogP contribution in [0.1, 0.15) is 32.6 Å². The fourth-order valence-electron chi connectivity index (χ4n) is 1.67. The highest BCUT2D eigenvalue weighted by Gasteiger charge is 2.21. The average Bonchev–Trinajstić information content (AvgIpc) is 2.03. The van der Waals surface area contributed by atoms with Gasteiger partial charge in [0.05, 0.1) is 6.10 Å². The van der Waals surface area contributed by atoms with E-state index in [-0.39, 0.29) is 6.10 Å². The molecule has 2 heteroatoms. The van der Waals surface area contributed by atoms with Crippen LogP contribution in [0.5, 0.6) is 0 Å². The molecule has 2 nitrogen and oxygen atoms in total. The summed E-state index contributed by atoms with van der Waals surface area (Å²) >= 11 is 0. The van der Waals surface area contributed by atoms with Crippen molar-refractivity contribution in [2.45, 2.75) is 38.7 Å². The van der Waals surface area contributed by atoms with E-state index in [1.54, 1.807) is 0 Å². The van der Waals surface area contributed by atoms with E-state index in [9.17, 15) is 5.11 Å². The molecule has 0 aliphatic carbocycles. The van der Waals surface area contributed by atoms with Gasteiger partial charge in [-0.3, -0.25) is 0 Å². The molecule has 2 atom stereocenters. The van der Waals surface area contributed by atoms with E-state index < -0.39 is 0 Å². The molecule has 1 saturated heterocycles. The van der Waals surface area contributed by atoms with Gasteiger partial charge in [-0.1, -0.05) is 19.8 Å². The van der Waals surface area contributed by atoms with Crippen molar-refractivity contribution in [2.75, 3.05) is 13.1 Å². The fourth-order valence-corrected chi connectivity index (χ4v) is 1.67. The van der Waals surface area contributed by atoms with Gasteiger partial charge in [0.1, 0.15) is 0 Å². The highest BCUT2D eigenvalue weighted by molar-refractivity contribution is 4.76. The summed E-state index contributed by atoms with van der Waals surface area (Å²) in [4.78, 5) is 0. The second-order valence-corrected chi connectivity index (χ2v) is 3.46. The second-order valence-electron chi connectivity index (χ2n) is 3.46. The Morgan fingerprint density at radius 1 is 1.55 bits per heavy atom. The van der Waals surface area contributed by atoms with Gasteiger partial charge in [0, 0.05) is 6.54 Å². The Morgan fingerprint density at radius 2 is 2.36 bits per heavy atom. The molecule has 0 unspecified atom stereocenters. The van der Waals surface area contributed by atoms with Crippen molar-refractivity contribution in [3.63, 3.8) is 0 Å². The van der Waals surface area contributed by atoms with Crippen LogP contribution in [0.2, 0.25) is 0 Å². The Hall–Kier alpha value is -0.0800. The van der Waals surface area contributed by atoms with Crippen molar-refractivity contribution >= 4 is 0 Å². The van der Waals surface area contributed by atoms with Gasteiger partial charge in [-0.2, -0.15) is 0 Å². The lowest BCUT2D eigenvalue weighted by atomic mass is 9.91. The van der Waals surface area contributed by atoms with E-state index in [1.807, 2.05) is 0 Å². The molecule has 0 bridgehead atoms. The standard InChI is InChI=1S/C9H19NO/c1-2-3-4-8-7-10-6-5-9(8)11/h8-11H,2-7H2,1H3/t8-,9-/m0/s1. The minimum Gasteiger partial charge on any atom is -0.393 e. The summed E-state index contributed by atoms with van der Waals surface area (Å²) in [6.07, 6.45) is 4.58. The van der Waals surface area contributed by atoms with Crippen LogP contribution in [0.15, 0.2) is 0 Å². The molecular weight excluding hydrogens is 138 g/mol. The molecule has 0 aromatic rings. The molecule has 11 heavy (non-hydrogen) atoms. The molecule has 2 N–H and O–H groups in total. The third-order valence-electron chi connectivity index (χ3n) is 2.50. The van der Waals surface area contributed by atoms with Crippen molar-refractivity contribution in [3.8, 4) is 0 Å². The number of unbranched alkanes of at least 4 members (excludes halogenated alkanes) is 1. The van der Waals surface area contributed by atoms with Crippen molar-refractivity contribution in [1.29, 1.82) is 0 Å². The Balaban J connectivity index is 2.18. The molecule has 0 saturated carbocycles. The first-order chi connectivity index (χ1) is 5.34. The normalized spacial score (nSPS) is 32.2. The smallest absolute Gasteiger partial charge is 0.0592 e. The lowest BCUT2D eigenvalue weighted by Crippen LogP contribution is -2.39. The number of nitrogens with one attached hydrogen (secondary N) is 1. The molecule has 0 aromatic heterocycles. The summed E-state index contributed by atoms with van der Waals surface area (Å²) in [5, 5.41) is 12.9. The third-order valence-corrected chi connectivity index (χ3v) is 2.50. The maximum Gasteiger partial charge on any atom is 0.0592 e. The number of hydrogen-bond acceptors (Lipinski definition) is 2. The SMILES string of the molecule is CCCC[C@H]1CNCC[C@@H]1O. The first kappa shape index (κ1) is 9.01. The van der Waals surface area contributed by atoms with Crippen LogP contribution in [-0.4, -0.2) is 24.3 Å².